The Kier molecular flexibility index (Phi) is 6.45. The summed E-state index contributed by atoms with van der Waals surface area (Å²) >= 11 is 11.7. The van der Waals surface area contributed by atoms with Gasteiger partial charge in [-0.05, 0) is 42.8 Å². The van der Waals surface area contributed by atoms with Gasteiger partial charge in [-0.25, -0.2) is 5.43 Å². The van der Waals surface area contributed by atoms with Crippen LogP contribution in [0.2, 0.25) is 10.0 Å². The predicted molar refractivity (Wildman–Crippen MR) is 97.3 cm³/mol. The molecule has 10 heteroatoms. The van der Waals surface area contributed by atoms with E-state index in [1.807, 2.05) is 0 Å². The van der Waals surface area contributed by atoms with Crippen molar-refractivity contribution >= 4 is 46.4 Å². The number of benzene rings is 2. The molecule has 0 aliphatic heterocycles. The minimum Gasteiger partial charge on any atom is -0.318 e. The number of hydrazone groups is 1. The quantitative estimate of drug-likeness (QED) is 0.561. The van der Waals surface area contributed by atoms with Crippen molar-refractivity contribution in [2.24, 2.45) is 5.10 Å². The highest BCUT2D eigenvalue weighted by atomic mass is 35.5. The summed E-state index contributed by atoms with van der Waals surface area (Å²) in [7, 11) is 0. The van der Waals surface area contributed by atoms with Gasteiger partial charge in [-0.2, -0.15) is 18.3 Å². The van der Waals surface area contributed by atoms with Crippen molar-refractivity contribution in [3.63, 3.8) is 0 Å². The number of hydrogen-bond acceptors (Lipinski definition) is 3. The summed E-state index contributed by atoms with van der Waals surface area (Å²) < 4.78 is 37.0. The number of rotatable bonds is 4. The molecule has 5 nitrogen and oxygen atoms in total. The van der Waals surface area contributed by atoms with Gasteiger partial charge in [0.2, 0.25) is 0 Å². The second-order valence-corrected chi connectivity index (χ2v) is 6.14. The van der Waals surface area contributed by atoms with Gasteiger partial charge >= 0.3 is 12.1 Å². The molecular weight excluding hydrogens is 406 g/mol. The summed E-state index contributed by atoms with van der Waals surface area (Å²) in [6.07, 6.45) is -5.00. The van der Waals surface area contributed by atoms with Crippen LogP contribution in [0, 0.1) is 0 Å². The molecule has 0 bridgehead atoms. The van der Waals surface area contributed by atoms with Crippen LogP contribution >= 0.6 is 23.2 Å². The van der Waals surface area contributed by atoms with Crippen LogP contribution in [0.15, 0.2) is 47.6 Å². The van der Waals surface area contributed by atoms with Gasteiger partial charge in [-0.1, -0.05) is 35.3 Å². The molecule has 0 aliphatic rings. The lowest BCUT2D eigenvalue weighted by atomic mass is 10.1. The number of nitrogens with one attached hydrogen (secondary N) is 2. The molecule has 2 N–H and O–H groups in total. The van der Waals surface area contributed by atoms with Crippen molar-refractivity contribution < 1.29 is 22.8 Å². The van der Waals surface area contributed by atoms with Crippen LogP contribution in [0.25, 0.3) is 0 Å². The maximum absolute atomic E-state index is 12.3. The standard InChI is InChI=1S/C17H12Cl2F3N3O2/c1-9(24-25-15(26)13-6-5-11(18)8-14(13)19)10-3-2-4-12(7-10)23-16(27)17(20,21)22/h2-8H,1H3,(H,23,27)(H,25,26). The average Bonchev–Trinajstić information content (AvgIpc) is 2.58. The Labute approximate surface area is 162 Å². The monoisotopic (exact) mass is 417 g/mol. The van der Waals surface area contributed by atoms with E-state index in [4.69, 9.17) is 23.2 Å². The van der Waals surface area contributed by atoms with Gasteiger partial charge in [-0.3, -0.25) is 9.59 Å². The zero-order chi connectivity index (χ0) is 20.2. The molecule has 0 spiro atoms. The van der Waals surface area contributed by atoms with Crippen molar-refractivity contribution in [3.8, 4) is 0 Å². The number of carbonyl (C=O) groups is 2. The van der Waals surface area contributed by atoms with Gasteiger partial charge in [0.05, 0.1) is 16.3 Å². The van der Waals surface area contributed by atoms with Crippen LogP contribution in [0.4, 0.5) is 18.9 Å². The summed E-state index contributed by atoms with van der Waals surface area (Å²) in [4.78, 5) is 23.1. The van der Waals surface area contributed by atoms with E-state index in [1.54, 1.807) is 11.4 Å². The molecule has 2 aromatic carbocycles. The third kappa shape index (κ3) is 5.70. The SMILES string of the molecule is CC(=NNC(=O)c1ccc(Cl)cc1Cl)c1cccc(NC(=O)C(F)(F)F)c1. The molecule has 27 heavy (non-hydrogen) atoms. The lowest BCUT2D eigenvalue weighted by molar-refractivity contribution is -0.167. The number of hydrogen-bond donors (Lipinski definition) is 2. The van der Waals surface area contributed by atoms with Crippen LogP contribution in [-0.4, -0.2) is 23.7 Å². The second-order valence-electron chi connectivity index (χ2n) is 5.29. The molecule has 142 valence electrons. The first-order chi connectivity index (χ1) is 12.6. The fourth-order valence-electron chi connectivity index (χ4n) is 1.96. The topological polar surface area (TPSA) is 70.6 Å². The Morgan fingerprint density at radius 1 is 1.07 bits per heavy atom. The number of amides is 2. The van der Waals surface area contributed by atoms with Gasteiger partial charge in [0.15, 0.2) is 0 Å². The first-order valence-electron chi connectivity index (χ1n) is 7.36. The third-order valence-electron chi connectivity index (χ3n) is 3.30. The molecule has 0 fully saturated rings. The Morgan fingerprint density at radius 3 is 2.41 bits per heavy atom. The maximum Gasteiger partial charge on any atom is 0.471 e. The zero-order valence-electron chi connectivity index (χ0n) is 13.7. The van der Waals surface area contributed by atoms with E-state index in [0.717, 1.165) is 0 Å². The summed E-state index contributed by atoms with van der Waals surface area (Å²) in [6.45, 7) is 1.54. The minimum atomic E-state index is -5.00. The molecule has 0 saturated carbocycles. The number of carbonyl (C=O) groups excluding carboxylic acids is 2. The molecule has 0 aliphatic carbocycles. The van der Waals surface area contributed by atoms with Crippen molar-refractivity contribution in [1.82, 2.24) is 5.43 Å². The molecule has 2 rings (SSSR count). The van der Waals surface area contributed by atoms with Gasteiger partial charge in [0.1, 0.15) is 0 Å². The summed E-state index contributed by atoms with van der Waals surface area (Å²) in [5, 5.41) is 6.15. The first kappa shape index (κ1) is 20.7. The lowest BCUT2D eigenvalue weighted by Gasteiger charge is -2.09. The summed E-state index contributed by atoms with van der Waals surface area (Å²) in [5.41, 5.74) is 3.10. The van der Waals surface area contributed by atoms with E-state index in [9.17, 15) is 22.8 Å². The van der Waals surface area contributed by atoms with Crippen LogP contribution in [0.1, 0.15) is 22.8 Å². The smallest absolute Gasteiger partial charge is 0.318 e. The Bertz CT molecular complexity index is 915. The summed E-state index contributed by atoms with van der Waals surface area (Å²) in [6, 6.07) is 9.92. The summed E-state index contributed by atoms with van der Waals surface area (Å²) in [5.74, 6) is -2.67. The molecule has 0 unspecified atom stereocenters. The number of halogens is 5. The highest BCUT2D eigenvalue weighted by Crippen LogP contribution is 2.21. The van der Waals surface area contributed by atoms with E-state index in [1.165, 1.54) is 43.3 Å². The van der Waals surface area contributed by atoms with Crippen molar-refractivity contribution in [2.45, 2.75) is 13.1 Å². The zero-order valence-corrected chi connectivity index (χ0v) is 15.2. The van der Waals surface area contributed by atoms with E-state index in [0.29, 0.717) is 16.3 Å². The highest BCUT2D eigenvalue weighted by Gasteiger charge is 2.38. The van der Waals surface area contributed by atoms with Crippen molar-refractivity contribution in [3.05, 3.63) is 63.6 Å². The van der Waals surface area contributed by atoms with Crippen LogP contribution in [-0.2, 0) is 4.79 Å². The fourth-order valence-corrected chi connectivity index (χ4v) is 2.45. The van der Waals surface area contributed by atoms with E-state index in [2.05, 4.69) is 10.5 Å². The second kappa shape index (κ2) is 8.41. The normalized spacial score (nSPS) is 11.9. The number of anilines is 1. The van der Waals surface area contributed by atoms with Gasteiger partial charge < -0.3 is 5.32 Å². The number of nitrogens with zero attached hydrogens (tertiary/aromatic N) is 1. The van der Waals surface area contributed by atoms with Crippen LogP contribution < -0.4 is 10.7 Å². The van der Waals surface area contributed by atoms with E-state index in [-0.39, 0.29) is 16.3 Å². The Balaban J connectivity index is 2.12. The predicted octanol–water partition coefficient (Wildman–Crippen LogP) is 4.65. The Hall–Kier alpha value is -2.58. The van der Waals surface area contributed by atoms with E-state index < -0.39 is 18.0 Å². The largest absolute Gasteiger partial charge is 0.471 e. The van der Waals surface area contributed by atoms with Gasteiger partial charge in [0, 0.05) is 10.7 Å². The average molecular weight is 418 g/mol. The van der Waals surface area contributed by atoms with E-state index >= 15 is 0 Å². The number of alkyl halides is 3. The van der Waals surface area contributed by atoms with Crippen molar-refractivity contribution in [1.29, 1.82) is 0 Å². The molecule has 0 saturated heterocycles. The third-order valence-corrected chi connectivity index (χ3v) is 3.84. The molecule has 0 heterocycles. The van der Waals surface area contributed by atoms with Crippen LogP contribution in [0.5, 0.6) is 0 Å². The van der Waals surface area contributed by atoms with Gasteiger partial charge in [0.25, 0.3) is 5.91 Å². The van der Waals surface area contributed by atoms with Crippen LogP contribution in [0.3, 0.4) is 0 Å². The lowest BCUT2D eigenvalue weighted by Crippen LogP contribution is -2.29. The van der Waals surface area contributed by atoms with Crippen molar-refractivity contribution in [2.75, 3.05) is 5.32 Å². The fraction of sp³-hybridized carbons (Fsp3) is 0.118. The highest BCUT2D eigenvalue weighted by molar-refractivity contribution is 6.36. The molecule has 2 aromatic rings. The molecule has 2 amide bonds. The Morgan fingerprint density at radius 2 is 1.78 bits per heavy atom. The molecular formula is C17H12Cl2F3N3O2. The van der Waals surface area contributed by atoms with Gasteiger partial charge in [-0.15, -0.1) is 0 Å². The first-order valence-corrected chi connectivity index (χ1v) is 8.12. The molecule has 0 atom stereocenters. The maximum atomic E-state index is 12.3. The molecule has 0 radical (unpaired) electrons. The molecule has 0 aromatic heterocycles. The minimum absolute atomic E-state index is 0.0588.